The summed E-state index contributed by atoms with van der Waals surface area (Å²) in [5, 5.41) is 5.06. The van der Waals surface area contributed by atoms with Gasteiger partial charge in [0.1, 0.15) is 0 Å². The van der Waals surface area contributed by atoms with Crippen molar-refractivity contribution in [3.05, 3.63) is 46.0 Å². The summed E-state index contributed by atoms with van der Waals surface area (Å²) in [5.41, 5.74) is 4.22. The maximum Gasteiger partial charge on any atom is 0.311 e. The molecule has 1 heterocycles. The van der Waals surface area contributed by atoms with E-state index >= 15 is 0 Å². The summed E-state index contributed by atoms with van der Waals surface area (Å²) in [5.74, 6) is -0.387. The van der Waals surface area contributed by atoms with E-state index in [4.69, 9.17) is 4.74 Å². The van der Waals surface area contributed by atoms with Crippen molar-refractivity contribution in [3.8, 4) is 0 Å². The molecule has 0 bridgehead atoms. The van der Waals surface area contributed by atoms with Crippen LogP contribution in [0, 0.1) is 13.8 Å². The van der Waals surface area contributed by atoms with Gasteiger partial charge in [0.05, 0.1) is 18.7 Å². The molecule has 2 aromatic rings. The molecule has 1 aromatic carbocycles. The smallest absolute Gasteiger partial charge is 0.311 e. The van der Waals surface area contributed by atoms with Crippen LogP contribution < -0.4 is 5.32 Å². The van der Waals surface area contributed by atoms with Gasteiger partial charge in [-0.1, -0.05) is 23.8 Å². The van der Waals surface area contributed by atoms with E-state index in [0.29, 0.717) is 30.3 Å². The monoisotopic (exact) mass is 346 g/mol. The topological polar surface area (TPSA) is 68.3 Å². The first-order valence-corrected chi connectivity index (χ1v) is 8.82. The number of benzene rings is 1. The van der Waals surface area contributed by atoms with Crippen LogP contribution in [0.5, 0.6) is 0 Å². The molecule has 0 atom stereocenters. The largest absolute Gasteiger partial charge is 0.466 e. The molecule has 0 aliphatic carbocycles. The number of nitrogens with zero attached hydrogens (tertiary/aromatic N) is 1. The molecule has 128 valence electrons. The van der Waals surface area contributed by atoms with Gasteiger partial charge in [-0.3, -0.25) is 9.59 Å². The molecule has 5 nitrogen and oxygen atoms in total. The van der Waals surface area contributed by atoms with E-state index < -0.39 is 0 Å². The molecule has 24 heavy (non-hydrogen) atoms. The number of nitrogens with one attached hydrogen (secondary N) is 1. The van der Waals surface area contributed by atoms with Crippen LogP contribution in [0.3, 0.4) is 0 Å². The van der Waals surface area contributed by atoms with Crippen LogP contribution in [0.25, 0.3) is 0 Å². The van der Waals surface area contributed by atoms with Gasteiger partial charge >= 0.3 is 5.97 Å². The summed E-state index contributed by atoms with van der Waals surface area (Å²) >= 11 is 1.31. The second-order valence-electron chi connectivity index (χ2n) is 5.60. The van der Waals surface area contributed by atoms with Crippen LogP contribution in [-0.4, -0.2) is 23.5 Å². The van der Waals surface area contributed by atoms with Crippen LogP contribution in [0.4, 0.5) is 5.13 Å². The molecule has 1 N–H and O–H groups in total. The Balaban J connectivity index is 1.84. The van der Waals surface area contributed by atoms with Crippen molar-refractivity contribution in [2.24, 2.45) is 0 Å². The molecule has 0 aliphatic rings. The molecule has 2 rings (SSSR count). The van der Waals surface area contributed by atoms with E-state index in [1.54, 1.807) is 12.3 Å². The summed E-state index contributed by atoms with van der Waals surface area (Å²) in [6.07, 6.45) is 1.22. The number of aromatic nitrogens is 1. The van der Waals surface area contributed by atoms with E-state index in [1.807, 2.05) is 0 Å². The van der Waals surface area contributed by atoms with E-state index in [0.717, 1.165) is 0 Å². The number of carbonyl (C=O) groups excluding carboxylic acids is 2. The number of amides is 1. The van der Waals surface area contributed by atoms with Gasteiger partial charge in [0, 0.05) is 11.8 Å². The predicted octanol–water partition coefficient (Wildman–Crippen LogP) is 3.44. The zero-order valence-corrected chi connectivity index (χ0v) is 15.0. The predicted molar refractivity (Wildman–Crippen MR) is 95.3 cm³/mol. The van der Waals surface area contributed by atoms with Crippen molar-refractivity contribution >= 4 is 28.3 Å². The Hall–Kier alpha value is -2.21. The second-order valence-corrected chi connectivity index (χ2v) is 6.46. The lowest BCUT2D eigenvalue weighted by Crippen LogP contribution is -2.13. The van der Waals surface area contributed by atoms with Gasteiger partial charge in [0.2, 0.25) is 5.91 Å². The van der Waals surface area contributed by atoms with Gasteiger partial charge in [-0.15, -0.1) is 11.3 Å². The van der Waals surface area contributed by atoms with Crippen molar-refractivity contribution < 1.29 is 14.3 Å². The van der Waals surface area contributed by atoms with E-state index in [9.17, 15) is 9.59 Å². The van der Waals surface area contributed by atoms with Gasteiger partial charge in [-0.2, -0.15) is 0 Å². The number of hydrogen-bond acceptors (Lipinski definition) is 5. The molecule has 0 saturated carbocycles. The molecule has 0 aliphatic heterocycles. The van der Waals surface area contributed by atoms with Gasteiger partial charge < -0.3 is 10.1 Å². The third-order valence-electron chi connectivity index (χ3n) is 3.55. The lowest BCUT2D eigenvalue weighted by Gasteiger charge is -2.06. The van der Waals surface area contributed by atoms with Gasteiger partial charge in [0.25, 0.3) is 0 Å². The summed E-state index contributed by atoms with van der Waals surface area (Å²) in [7, 11) is 0. The molecular formula is C18H22N2O3S. The van der Waals surface area contributed by atoms with Crippen molar-refractivity contribution in [2.45, 2.75) is 40.0 Å². The molecule has 0 unspecified atom stereocenters. The van der Waals surface area contributed by atoms with Crippen LogP contribution >= 0.6 is 11.3 Å². The molecule has 0 saturated heterocycles. The van der Waals surface area contributed by atoms with Crippen molar-refractivity contribution in [1.82, 2.24) is 4.98 Å². The second kappa shape index (κ2) is 8.59. The summed E-state index contributed by atoms with van der Waals surface area (Å²) in [4.78, 5) is 27.7. The number of esters is 1. The Labute approximate surface area is 146 Å². The summed E-state index contributed by atoms with van der Waals surface area (Å²) < 4.78 is 4.88. The Kier molecular flexibility index (Phi) is 6.49. The first kappa shape index (κ1) is 18.1. The number of rotatable bonds is 7. The minimum Gasteiger partial charge on any atom is -0.466 e. The average Bonchev–Trinajstić information content (AvgIpc) is 2.93. The average molecular weight is 346 g/mol. The highest BCUT2D eigenvalue weighted by molar-refractivity contribution is 7.13. The molecule has 1 aromatic heterocycles. The number of aryl methyl sites for hydroxylation is 3. The number of thiazole rings is 1. The highest BCUT2D eigenvalue weighted by atomic mass is 32.1. The maximum absolute atomic E-state index is 12.1. The molecule has 0 fully saturated rings. The van der Waals surface area contributed by atoms with E-state index in [-0.39, 0.29) is 18.3 Å². The fraction of sp³-hybridized carbons (Fsp3) is 0.389. The standard InChI is InChI=1S/C18H22N2O3S/c1-4-23-17(22)10-15-11-24-18(19-15)20-16(21)8-7-14-6-5-12(2)9-13(14)3/h5-6,9,11H,4,7-8,10H2,1-3H3,(H,19,20,21). The molecule has 6 heteroatoms. The Morgan fingerprint density at radius 2 is 2.08 bits per heavy atom. The Morgan fingerprint density at radius 3 is 2.79 bits per heavy atom. The fourth-order valence-electron chi connectivity index (χ4n) is 2.36. The molecule has 1 amide bonds. The Bertz CT molecular complexity index is 725. The van der Waals surface area contributed by atoms with Crippen LogP contribution in [0.15, 0.2) is 23.6 Å². The maximum atomic E-state index is 12.1. The SMILES string of the molecule is CCOC(=O)Cc1csc(NC(=O)CCc2ccc(C)cc2C)n1. The number of anilines is 1. The van der Waals surface area contributed by atoms with Crippen molar-refractivity contribution in [1.29, 1.82) is 0 Å². The van der Waals surface area contributed by atoms with Crippen LogP contribution in [0.2, 0.25) is 0 Å². The number of carbonyl (C=O) groups is 2. The van der Waals surface area contributed by atoms with Gasteiger partial charge in [-0.05, 0) is 38.3 Å². The minimum absolute atomic E-state index is 0.0768. The van der Waals surface area contributed by atoms with Crippen LogP contribution in [0.1, 0.15) is 35.7 Å². The van der Waals surface area contributed by atoms with Gasteiger partial charge in [-0.25, -0.2) is 4.98 Å². The van der Waals surface area contributed by atoms with Crippen molar-refractivity contribution in [3.63, 3.8) is 0 Å². The lowest BCUT2D eigenvalue weighted by molar-refractivity contribution is -0.142. The fourth-order valence-corrected chi connectivity index (χ4v) is 3.09. The summed E-state index contributed by atoms with van der Waals surface area (Å²) in [6, 6.07) is 6.25. The first-order valence-electron chi connectivity index (χ1n) is 7.94. The van der Waals surface area contributed by atoms with Crippen LogP contribution in [-0.2, 0) is 27.2 Å². The third-order valence-corrected chi connectivity index (χ3v) is 4.35. The zero-order valence-electron chi connectivity index (χ0n) is 14.2. The van der Waals surface area contributed by atoms with E-state index in [1.165, 1.54) is 28.0 Å². The highest BCUT2D eigenvalue weighted by Crippen LogP contribution is 2.17. The van der Waals surface area contributed by atoms with Crippen molar-refractivity contribution in [2.75, 3.05) is 11.9 Å². The minimum atomic E-state index is -0.310. The molecular weight excluding hydrogens is 324 g/mol. The highest BCUT2D eigenvalue weighted by Gasteiger charge is 2.11. The molecule has 0 spiro atoms. The quantitative estimate of drug-likeness (QED) is 0.780. The Morgan fingerprint density at radius 1 is 1.29 bits per heavy atom. The normalized spacial score (nSPS) is 10.5. The zero-order chi connectivity index (χ0) is 17.5. The van der Waals surface area contributed by atoms with E-state index in [2.05, 4.69) is 42.3 Å². The summed E-state index contributed by atoms with van der Waals surface area (Å²) in [6.45, 7) is 6.23. The number of ether oxygens (including phenoxy) is 1. The van der Waals surface area contributed by atoms with Gasteiger partial charge in [0.15, 0.2) is 5.13 Å². The lowest BCUT2D eigenvalue weighted by atomic mass is 10.0. The number of hydrogen-bond donors (Lipinski definition) is 1. The first-order chi connectivity index (χ1) is 11.5. The molecule has 0 radical (unpaired) electrons. The third kappa shape index (κ3) is 5.45.